The van der Waals surface area contributed by atoms with Crippen LogP contribution in [0.4, 0.5) is 0 Å². The number of rotatable bonds is 10. The molecule has 2 aliphatic rings. The molecule has 2 nitrogen and oxygen atoms in total. The third-order valence-electron chi connectivity index (χ3n) is 5.81. The quantitative estimate of drug-likeness (QED) is 0.645. The minimum Gasteiger partial charge on any atom is -0.312 e. The summed E-state index contributed by atoms with van der Waals surface area (Å²) in [6.45, 7) is 11.0. The first kappa shape index (κ1) is 16.3. The average molecular weight is 280 g/mol. The van der Waals surface area contributed by atoms with Gasteiger partial charge in [-0.2, -0.15) is 0 Å². The highest BCUT2D eigenvalue weighted by Crippen LogP contribution is 2.38. The molecule has 2 rings (SSSR count). The van der Waals surface area contributed by atoms with Crippen LogP contribution in [0.5, 0.6) is 0 Å². The van der Waals surface area contributed by atoms with E-state index in [1.807, 2.05) is 0 Å². The molecule has 1 atom stereocenters. The van der Waals surface area contributed by atoms with Gasteiger partial charge in [0.15, 0.2) is 0 Å². The van der Waals surface area contributed by atoms with Crippen LogP contribution in [0.3, 0.4) is 0 Å². The Hall–Kier alpha value is -0.0800. The molecule has 20 heavy (non-hydrogen) atoms. The lowest BCUT2D eigenvalue weighted by Gasteiger charge is -2.47. The van der Waals surface area contributed by atoms with E-state index in [1.54, 1.807) is 0 Å². The Labute approximate surface area is 126 Å². The molecule has 118 valence electrons. The van der Waals surface area contributed by atoms with E-state index >= 15 is 0 Å². The fourth-order valence-corrected chi connectivity index (χ4v) is 4.26. The van der Waals surface area contributed by atoms with E-state index in [1.165, 1.54) is 77.4 Å². The first-order valence-electron chi connectivity index (χ1n) is 9.25. The second kappa shape index (κ2) is 7.79. The molecular weight excluding hydrogens is 244 g/mol. The van der Waals surface area contributed by atoms with E-state index in [2.05, 4.69) is 31.0 Å². The zero-order valence-corrected chi connectivity index (χ0v) is 14.1. The van der Waals surface area contributed by atoms with Crippen LogP contribution in [-0.4, -0.2) is 36.1 Å². The molecule has 1 saturated heterocycles. The van der Waals surface area contributed by atoms with Crippen molar-refractivity contribution in [3.63, 3.8) is 0 Å². The lowest BCUT2D eigenvalue weighted by atomic mass is 9.80. The predicted octanol–water partition coefficient (Wildman–Crippen LogP) is 4.20. The topological polar surface area (TPSA) is 15.3 Å². The molecule has 0 aromatic heterocycles. The first-order chi connectivity index (χ1) is 9.76. The van der Waals surface area contributed by atoms with Crippen LogP contribution in [0.1, 0.15) is 78.6 Å². The van der Waals surface area contributed by atoms with Crippen molar-refractivity contribution in [2.75, 3.05) is 19.6 Å². The highest BCUT2D eigenvalue weighted by atomic mass is 15.2. The molecule has 1 N–H and O–H groups in total. The van der Waals surface area contributed by atoms with Crippen LogP contribution in [-0.2, 0) is 0 Å². The van der Waals surface area contributed by atoms with Crippen molar-refractivity contribution < 1.29 is 0 Å². The van der Waals surface area contributed by atoms with E-state index in [0.29, 0.717) is 11.6 Å². The molecule has 1 unspecified atom stereocenters. The largest absolute Gasteiger partial charge is 0.312 e. The minimum atomic E-state index is 0.417. The molecule has 1 aliphatic heterocycles. The van der Waals surface area contributed by atoms with Gasteiger partial charge in [0.1, 0.15) is 0 Å². The second-order valence-corrected chi connectivity index (χ2v) is 7.03. The Kier molecular flexibility index (Phi) is 6.35. The number of hydrogen-bond donors (Lipinski definition) is 1. The molecule has 0 radical (unpaired) electrons. The minimum absolute atomic E-state index is 0.417. The number of hydrogen-bond acceptors (Lipinski definition) is 2. The van der Waals surface area contributed by atoms with Gasteiger partial charge in [0.05, 0.1) is 0 Å². The molecule has 0 amide bonds. The van der Waals surface area contributed by atoms with Gasteiger partial charge in [-0.05, 0) is 70.5 Å². The maximum absolute atomic E-state index is 3.93. The summed E-state index contributed by atoms with van der Waals surface area (Å²) < 4.78 is 0. The van der Waals surface area contributed by atoms with Crippen molar-refractivity contribution in [1.29, 1.82) is 0 Å². The third-order valence-corrected chi connectivity index (χ3v) is 5.81. The maximum atomic E-state index is 3.93. The van der Waals surface area contributed by atoms with E-state index in [9.17, 15) is 0 Å². The van der Waals surface area contributed by atoms with E-state index < -0.39 is 0 Å². The molecular formula is C18H36N2. The van der Waals surface area contributed by atoms with Gasteiger partial charge in [-0.25, -0.2) is 0 Å². The zero-order chi connectivity index (χ0) is 14.4. The lowest BCUT2D eigenvalue weighted by molar-refractivity contribution is 0.0572. The van der Waals surface area contributed by atoms with Gasteiger partial charge in [0, 0.05) is 11.6 Å². The Bertz CT molecular complexity index is 263. The lowest BCUT2D eigenvalue weighted by Crippen LogP contribution is -2.60. The van der Waals surface area contributed by atoms with Crippen LogP contribution in [0.25, 0.3) is 0 Å². The van der Waals surface area contributed by atoms with Crippen LogP contribution < -0.4 is 5.32 Å². The third kappa shape index (κ3) is 3.76. The van der Waals surface area contributed by atoms with Crippen LogP contribution in [0.15, 0.2) is 0 Å². The molecule has 0 spiro atoms. The smallest absolute Gasteiger partial charge is 0.0357 e. The van der Waals surface area contributed by atoms with Gasteiger partial charge >= 0.3 is 0 Å². The van der Waals surface area contributed by atoms with Gasteiger partial charge in [-0.1, -0.05) is 33.6 Å². The summed E-state index contributed by atoms with van der Waals surface area (Å²) in [5.74, 6) is 1.06. The SMILES string of the molecule is CCCNC(CCC1CC1)C(CC)(CC)N1CCCC1. The molecule has 0 aromatic carbocycles. The van der Waals surface area contributed by atoms with Crippen molar-refractivity contribution in [3.05, 3.63) is 0 Å². The van der Waals surface area contributed by atoms with Crippen molar-refractivity contribution in [1.82, 2.24) is 10.2 Å². The Morgan fingerprint density at radius 3 is 2.25 bits per heavy atom. The summed E-state index contributed by atoms with van der Waals surface area (Å²) in [6, 6.07) is 0.705. The summed E-state index contributed by atoms with van der Waals surface area (Å²) >= 11 is 0. The molecule has 1 aliphatic carbocycles. The highest BCUT2D eigenvalue weighted by Gasteiger charge is 2.42. The van der Waals surface area contributed by atoms with Gasteiger partial charge in [0.25, 0.3) is 0 Å². The Morgan fingerprint density at radius 1 is 1.10 bits per heavy atom. The number of nitrogens with one attached hydrogen (secondary N) is 1. The zero-order valence-electron chi connectivity index (χ0n) is 14.1. The van der Waals surface area contributed by atoms with E-state index in [4.69, 9.17) is 0 Å². The van der Waals surface area contributed by atoms with Crippen molar-refractivity contribution in [3.8, 4) is 0 Å². The predicted molar refractivity (Wildman–Crippen MR) is 88.2 cm³/mol. The second-order valence-electron chi connectivity index (χ2n) is 7.03. The van der Waals surface area contributed by atoms with Crippen molar-refractivity contribution >= 4 is 0 Å². The molecule has 1 saturated carbocycles. The molecule has 0 aromatic rings. The molecule has 2 heteroatoms. The van der Waals surface area contributed by atoms with Crippen molar-refractivity contribution in [2.24, 2.45) is 5.92 Å². The summed E-state index contributed by atoms with van der Waals surface area (Å²) in [5, 5.41) is 3.93. The normalized spacial score (nSPS) is 22.4. The number of likely N-dealkylation sites (tertiary alicyclic amines) is 1. The molecule has 1 heterocycles. The average Bonchev–Trinajstić information content (AvgIpc) is 3.15. The van der Waals surface area contributed by atoms with E-state index in [-0.39, 0.29) is 0 Å². The Morgan fingerprint density at radius 2 is 1.75 bits per heavy atom. The Balaban J connectivity index is 2.05. The monoisotopic (exact) mass is 280 g/mol. The van der Waals surface area contributed by atoms with Crippen LogP contribution in [0, 0.1) is 5.92 Å². The first-order valence-corrected chi connectivity index (χ1v) is 9.25. The van der Waals surface area contributed by atoms with Gasteiger partial charge in [-0.15, -0.1) is 0 Å². The molecule has 2 fully saturated rings. The van der Waals surface area contributed by atoms with Gasteiger partial charge < -0.3 is 5.32 Å². The highest BCUT2D eigenvalue weighted by molar-refractivity contribution is 5.00. The summed E-state index contributed by atoms with van der Waals surface area (Å²) in [6.07, 6.45) is 12.5. The fraction of sp³-hybridized carbons (Fsp3) is 1.00. The van der Waals surface area contributed by atoms with Crippen LogP contribution >= 0.6 is 0 Å². The van der Waals surface area contributed by atoms with Crippen LogP contribution in [0.2, 0.25) is 0 Å². The fourth-order valence-electron chi connectivity index (χ4n) is 4.26. The summed E-state index contributed by atoms with van der Waals surface area (Å²) in [7, 11) is 0. The number of nitrogens with zero attached hydrogens (tertiary/aromatic N) is 1. The molecule has 0 bridgehead atoms. The summed E-state index contributed by atoms with van der Waals surface area (Å²) in [4.78, 5) is 2.83. The van der Waals surface area contributed by atoms with Crippen molar-refractivity contribution in [2.45, 2.75) is 90.1 Å². The van der Waals surface area contributed by atoms with Gasteiger partial charge in [0.2, 0.25) is 0 Å². The standard InChI is InChI=1S/C18H36N2/c1-4-13-19-17(12-11-16-9-10-16)18(5-2,6-3)20-14-7-8-15-20/h16-17,19H,4-15H2,1-3H3. The van der Waals surface area contributed by atoms with Gasteiger partial charge in [-0.3, -0.25) is 4.90 Å². The van der Waals surface area contributed by atoms with E-state index in [0.717, 1.165) is 5.92 Å². The maximum Gasteiger partial charge on any atom is 0.0357 e. The summed E-state index contributed by atoms with van der Waals surface area (Å²) in [5.41, 5.74) is 0.417.